The molecule has 0 fully saturated rings. The third-order valence-corrected chi connectivity index (χ3v) is 3.50. The van der Waals surface area contributed by atoms with E-state index in [9.17, 15) is 10.1 Å². The van der Waals surface area contributed by atoms with Crippen molar-refractivity contribution in [3.63, 3.8) is 0 Å². The van der Waals surface area contributed by atoms with E-state index in [0.29, 0.717) is 18.7 Å². The summed E-state index contributed by atoms with van der Waals surface area (Å²) < 4.78 is 10.5. The summed E-state index contributed by atoms with van der Waals surface area (Å²) in [6.45, 7) is 2.50. The molecule has 2 rings (SSSR count). The van der Waals surface area contributed by atoms with Crippen LogP contribution in [0.15, 0.2) is 48.5 Å². The van der Waals surface area contributed by atoms with E-state index in [1.54, 1.807) is 31.4 Å². The van der Waals surface area contributed by atoms with E-state index < -0.39 is 5.92 Å². The fraction of sp³-hybridized carbons (Fsp3) is 0.263. The third kappa shape index (κ3) is 4.75. The Kier molecular flexibility index (Phi) is 6.21. The van der Waals surface area contributed by atoms with E-state index in [2.05, 4.69) is 11.4 Å². The van der Waals surface area contributed by atoms with Crippen LogP contribution in [0.25, 0.3) is 0 Å². The molecule has 0 saturated carbocycles. The van der Waals surface area contributed by atoms with Crippen LogP contribution in [0.3, 0.4) is 0 Å². The van der Waals surface area contributed by atoms with Crippen LogP contribution in [0.1, 0.15) is 12.5 Å². The highest BCUT2D eigenvalue weighted by Crippen LogP contribution is 2.18. The minimum absolute atomic E-state index is 0.322. The minimum atomic E-state index is -0.759. The molecule has 0 radical (unpaired) electrons. The Bertz CT molecular complexity index is 703. The van der Waals surface area contributed by atoms with Crippen LogP contribution in [-0.4, -0.2) is 19.6 Å². The van der Waals surface area contributed by atoms with E-state index in [-0.39, 0.29) is 5.91 Å². The molecule has 2 aromatic carbocycles. The zero-order valence-electron chi connectivity index (χ0n) is 13.8. The monoisotopic (exact) mass is 324 g/mol. The summed E-state index contributed by atoms with van der Waals surface area (Å²) in [6.07, 6.45) is 0.351. The summed E-state index contributed by atoms with van der Waals surface area (Å²) >= 11 is 0. The molecule has 0 saturated heterocycles. The van der Waals surface area contributed by atoms with Crippen molar-refractivity contribution in [1.82, 2.24) is 0 Å². The lowest BCUT2D eigenvalue weighted by molar-refractivity contribution is -0.118. The fourth-order valence-corrected chi connectivity index (χ4v) is 2.22. The van der Waals surface area contributed by atoms with Gasteiger partial charge in [-0.2, -0.15) is 5.26 Å². The number of amides is 1. The molecule has 1 amide bonds. The summed E-state index contributed by atoms with van der Waals surface area (Å²) in [5.74, 6) is 0.402. The Morgan fingerprint density at radius 2 is 1.75 bits per heavy atom. The van der Waals surface area contributed by atoms with Gasteiger partial charge in [0.2, 0.25) is 5.91 Å². The number of anilines is 1. The quantitative estimate of drug-likeness (QED) is 0.847. The molecular formula is C19H20N2O3. The van der Waals surface area contributed by atoms with E-state index in [1.165, 1.54) is 0 Å². The van der Waals surface area contributed by atoms with Gasteiger partial charge in [0, 0.05) is 5.69 Å². The average Bonchev–Trinajstić information content (AvgIpc) is 2.62. The van der Waals surface area contributed by atoms with Crippen molar-refractivity contribution in [2.45, 2.75) is 13.3 Å². The summed E-state index contributed by atoms with van der Waals surface area (Å²) in [7, 11) is 1.59. The largest absolute Gasteiger partial charge is 0.497 e. The van der Waals surface area contributed by atoms with Crippen LogP contribution in [0.2, 0.25) is 0 Å². The number of nitrogens with one attached hydrogen (secondary N) is 1. The third-order valence-electron chi connectivity index (χ3n) is 3.50. The molecule has 0 aliphatic rings. The first kappa shape index (κ1) is 17.4. The van der Waals surface area contributed by atoms with Crippen molar-refractivity contribution in [3.8, 4) is 17.6 Å². The number of hydrogen-bond donors (Lipinski definition) is 1. The zero-order valence-corrected chi connectivity index (χ0v) is 13.8. The molecule has 0 aliphatic carbocycles. The molecule has 5 heteroatoms. The summed E-state index contributed by atoms with van der Waals surface area (Å²) in [4.78, 5) is 12.3. The molecular weight excluding hydrogens is 304 g/mol. The molecule has 124 valence electrons. The maximum absolute atomic E-state index is 12.3. The second-order valence-corrected chi connectivity index (χ2v) is 5.18. The lowest BCUT2D eigenvalue weighted by atomic mass is 9.99. The number of carbonyl (C=O) groups excluding carboxylic acids is 1. The Balaban J connectivity index is 1.98. The van der Waals surface area contributed by atoms with Crippen LogP contribution >= 0.6 is 0 Å². The second kappa shape index (κ2) is 8.59. The van der Waals surface area contributed by atoms with Gasteiger partial charge in [0.25, 0.3) is 0 Å². The van der Waals surface area contributed by atoms with Gasteiger partial charge in [0.1, 0.15) is 17.4 Å². The zero-order chi connectivity index (χ0) is 17.4. The molecule has 0 unspecified atom stereocenters. The average molecular weight is 324 g/mol. The summed E-state index contributed by atoms with van der Waals surface area (Å²) in [5, 5.41) is 12.1. The van der Waals surface area contributed by atoms with Gasteiger partial charge < -0.3 is 14.8 Å². The molecule has 0 heterocycles. The maximum Gasteiger partial charge on any atom is 0.242 e. The Morgan fingerprint density at radius 3 is 2.29 bits per heavy atom. The van der Waals surface area contributed by atoms with E-state index in [0.717, 1.165) is 17.1 Å². The lowest BCUT2D eigenvalue weighted by Crippen LogP contribution is -2.23. The predicted molar refractivity (Wildman–Crippen MR) is 92.0 cm³/mol. The van der Waals surface area contributed by atoms with Gasteiger partial charge >= 0.3 is 0 Å². The van der Waals surface area contributed by atoms with Gasteiger partial charge in [-0.05, 0) is 55.3 Å². The highest BCUT2D eigenvalue weighted by molar-refractivity contribution is 5.94. The van der Waals surface area contributed by atoms with Gasteiger partial charge in [0.15, 0.2) is 0 Å². The predicted octanol–water partition coefficient (Wildman–Crippen LogP) is 3.41. The van der Waals surface area contributed by atoms with Gasteiger partial charge in [-0.15, -0.1) is 0 Å². The smallest absolute Gasteiger partial charge is 0.242 e. The van der Waals surface area contributed by atoms with Crippen LogP contribution in [0, 0.1) is 17.2 Å². The van der Waals surface area contributed by atoms with Gasteiger partial charge in [0.05, 0.1) is 19.8 Å². The number of methoxy groups -OCH3 is 1. The first-order chi connectivity index (χ1) is 11.7. The van der Waals surface area contributed by atoms with Crippen molar-refractivity contribution in [3.05, 3.63) is 54.1 Å². The number of nitrogens with zero attached hydrogens (tertiary/aromatic N) is 1. The van der Waals surface area contributed by atoms with Gasteiger partial charge in [-0.25, -0.2) is 0 Å². The molecule has 1 N–H and O–H groups in total. The molecule has 24 heavy (non-hydrogen) atoms. The number of nitriles is 1. The van der Waals surface area contributed by atoms with Crippen LogP contribution in [-0.2, 0) is 11.2 Å². The van der Waals surface area contributed by atoms with Crippen molar-refractivity contribution >= 4 is 11.6 Å². The molecule has 2 aromatic rings. The fourth-order valence-electron chi connectivity index (χ4n) is 2.22. The van der Waals surface area contributed by atoms with E-state index in [4.69, 9.17) is 9.47 Å². The number of rotatable bonds is 7. The minimum Gasteiger partial charge on any atom is -0.497 e. The molecule has 0 bridgehead atoms. The van der Waals surface area contributed by atoms with Crippen molar-refractivity contribution in [2.24, 2.45) is 5.92 Å². The Hall–Kier alpha value is -3.00. The molecule has 5 nitrogen and oxygen atoms in total. The van der Waals surface area contributed by atoms with Crippen molar-refractivity contribution in [1.29, 1.82) is 5.26 Å². The SMILES string of the molecule is CCOc1ccc(NC(=O)[C@H](C#N)Cc2ccc(OC)cc2)cc1. The van der Waals surface area contributed by atoms with Crippen molar-refractivity contribution < 1.29 is 14.3 Å². The number of benzene rings is 2. The van der Waals surface area contributed by atoms with Crippen LogP contribution in [0.5, 0.6) is 11.5 Å². The van der Waals surface area contributed by atoms with Crippen LogP contribution in [0.4, 0.5) is 5.69 Å². The highest BCUT2D eigenvalue weighted by Gasteiger charge is 2.18. The first-order valence-corrected chi connectivity index (χ1v) is 7.72. The summed E-state index contributed by atoms with van der Waals surface area (Å²) in [5.41, 5.74) is 1.54. The summed E-state index contributed by atoms with van der Waals surface area (Å²) in [6, 6.07) is 16.5. The molecule has 0 aliphatic heterocycles. The standard InChI is InChI=1S/C19H20N2O3/c1-3-24-18-10-6-16(7-11-18)21-19(22)15(13-20)12-14-4-8-17(23-2)9-5-14/h4-11,15H,3,12H2,1-2H3,(H,21,22)/t15-/m0/s1. The highest BCUT2D eigenvalue weighted by atomic mass is 16.5. The van der Waals surface area contributed by atoms with Gasteiger partial charge in [-0.3, -0.25) is 4.79 Å². The maximum atomic E-state index is 12.3. The molecule has 0 aromatic heterocycles. The number of ether oxygens (including phenoxy) is 2. The second-order valence-electron chi connectivity index (χ2n) is 5.18. The number of carbonyl (C=O) groups is 1. The normalized spacial score (nSPS) is 11.2. The van der Waals surface area contributed by atoms with E-state index >= 15 is 0 Å². The molecule has 1 atom stereocenters. The van der Waals surface area contributed by atoms with Gasteiger partial charge in [-0.1, -0.05) is 12.1 Å². The van der Waals surface area contributed by atoms with Crippen molar-refractivity contribution in [2.75, 3.05) is 19.0 Å². The molecule has 0 spiro atoms. The Labute approximate surface area is 141 Å². The van der Waals surface area contributed by atoms with E-state index in [1.807, 2.05) is 31.2 Å². The topological polar surface area (TPSA) is 71.3 Å². The first-order valence-electron chi connectivity index (χ1n) is 7.72. The lowest BCUT2D eigenvalue weighted by Gasteiger charge is -2.11. The van der Waals surface area contributed by atoms with Crippen LogP contribution < -0.4 is 14.8 Å². The Morgan fingerprint density at radius 1 is 1.12 bits per heavy atom. The number of hydrogen-bond acceptors (Lipinski definition) is 4.